The number of fused-ring (bicyclic) bond motifs is 2. The highest BCUT2D eigenvalue weighted by Gasteiger charge is 2.30. The Morgan fingerprint density at radius 1 is 0.900 bits per heavy atom. The maximum absolute atomic E-state index is 12.5. The van der Waals surface area contributed by atoms with Gasteiger partial charge in [0.1, 0.15) is 38.9 Å². The number of thiophene rings is 2. The van der Waals surface area contributed by atoms with Crippen LogP contribution in [0.1, 0.15) is 56.2 Å². The average Bonchev–Trinajstić information content (AvgIpc) is 3.60. The van der Waals surface area contributed by atoms with Crippen LogP contribution in [0.25, 0.3) is 20.4 Å². The van der Waals surface area contributed by atoms with Crippen LogP contribution in [-0.2, 0) is 17.6 Å². The molecule has 0 radical (unpaired) electrons. The number of rotatable bonds is 4. The first-order chi connectivity index (χ1) is 23.3. The fourth-order valence-electron chi connectivity index (χ4n) is 5.03. The molecule has 1 amide bonds. The lowest BCUT2D eigenvalue weighted by molar-refractivity contribution is -0.127. The van der Waals surface area contributed by atoms with E-state index in [1.54, 1.807) is 11.0 Å². The molecule has 2 fully saturated rings. The number of aromatic nitrogens is 4. The van der Waals surface area contributed by atoms with E-state index in [4.69, 9.17) is 22.1 Å². The van der Waals surface area contributed by atoms with E-state index >= 15 is 0 Å². The minimum Gasteiger partial charge on any atom is -0.444 e. The number of anilines is 1. The topological polar surface area (TPSA) is 131 Å². The molecule has 0 aliphatic carbocycles. The molecule has 6 heterocycles. The Labute approximate surface area is 298 Å². The first-order valence-electron chi connectivity index (χ1n) is 15.8. The van der Waals surface area contributed by atoms with E-state index in [0.717, 1.165) is 74.5 Å². The molecule has 19 heteroatoms. The van der Waals surface area contributed by atoms with Gasteiger partial charge in [0.2, 0.25) is 0 Å². The van der Waals surface area contributed by atoms with Gasteiger partial charge in [-0.2, -0.15) is 26.3 Å². The van der Waals surface area contributed by atoms with E-state index in [-0.39, 0.29) is 27.0 Å². The maximum atomic E-state index is 12.5. The zero-order valence-electron chi connectivity index (χ0n) is 27.6. The minimum absolute atomic E-state index is 0.185. The van der Waals surface area contributed by atoms with Gasteiger partial charge in [0.05, 0.1) is 18.2 Å². The van der Waals surface area contributed by atoms with Crippen LogP contribution in [-0.4, -0.2) is 87.1 Å². The normalized spacial score (nSPS) is 16.4. The van der Waals surface area contributed by atoms with Crippen molar-refractivity contribution in [3.8, 4) is 0 Å². The number of carbonyl (C=O) groups excluding carboxylic acids is 1. The van der Waals surface area contributed by atoms with Crippen LogP contribution in [0.2, 0.25) is 5.15 Å². The summed E-state index contributed by atoms with van der Waals surface area (Å²) in [5.41, 5.74) is 5.34. The van der Waals surface area contributed by atoms with Crippen molar-refractivity contribution in [2.24, 2.45) is 5.73 Å². The first kappa shape index (κ1) is 39.7. The predicted octanol–water partition coefficient (Wildman–Crippen LogP) is 7.75. The molecule has 0 spiro atoms. The number of likely N-dealkylation sites (tertiary alicyclic amines) is 1. The van der Waals surface area contributed by atoms with E-state index in [2.05, 4.69) is 30.6 Å². The Hall–Kier alpha value is -3.06. The van der Waals surface area contributed by atoms with Crippen LogP contribution >= 0.6 is 34.3 Å². The van der Waals surface area contributed by atoms with Gasteiger partial charge in [-0.25, -0.2) is 24.7 Å². The molecule has 2 aliphatic heterocycles. The van der Waals surface area contributed by atoms with E-state index < -0.39 is 30.8 Å². The number of hydrogen-bond acceptors (Lipinski definition) is 11. The van der Waals surface area contributed by atoms with E-state index in [9.17, 15) is 31.1 Å². The summed E-state index contributed by atoms with van der Waals surface area (Å²) in [6, 6.07) is 3.48. The summed E-state index contributed by atoms with van der Waals surface area (Å²) in [5.74, 6) is 0.636. The summed E-state index contributed by atoms with van der Waals surface area (Å²) >= 11 is 7.78. The van der Waals surface area contributed by atoms with Gasteiger partial charge < -0.3 is 26.0 Å². The number of nitrogens with two attached hydrogens (primary N) is 1. The average molecular weight is 769 g/mol. The molecule has 4 N–H and O–H groups in total. The van der Waals surface area contributed by atoms with Gasteiger partial charge in [-0.3, -0.25) is 0 Å². The molecule has 0 saturated carbocycles. The molecule has 0 bridgehead atoms. The third-order valence-electron chi connectivity index (χ3n) is 7.33. The molecule has 0 atom stereocenters. The number of nitrogens with one attached hydrogen (secondary N) is 2. The van der Waals surface area contributed by atoms with Gasteiger partial charge in [0.25, 0.3) is 0 Å². The van der Waals surface area contributed by atoms with Crippen LogP contribution in [0, 0.1) is 0 Å². The lowest BCUT2D eigenvalue weighted by atomic mass is 10.1. The van der Waals surface area contributed by atoms with Crippen molar-refractivity contribution in [1.29, 1.82) is 0 Å². The third kappa shape index (κ3) is 12.9. The standard InChI is InChI=1S/C13H15F3N4S.C10H20N2O2.C8H4ClF3N2S/c14-13(15,16)6-9-5-10-11(18-7-19-12(10)21-9)20-8-1-3-17-4-2-8;1-10(2,3)14-9(13)12-6-4-8(11)5-7-12;9-6-5-1-4(2-8(10,11)12)15-7(5)14-3-13-6/h5,7-8,17H,1-4,6H2,(H,18,19,20);8H,4-7,11H2,1-3H3;1,3H,2H2. The van der Waals surface area contributed by atoms with E-state index in [1.165, 1.54) is 18.7 Å². The summed E-state index contributed by atoms with van der Waals surface area (Å²) in [7, 11) is 0. The number of alkyl halides is 6. The Balaban J connectivity index is 0.000000174. The molecule has 2 aliphatic rings. The Bertz CT molecular complexity index is 1700. The van der Waals surface area contributed by atoms with Gasteiger partial charge in [0, 0.05) is 40.3 Å². The second kappa shape index (κ2) is 17.0. The van der Waals surface area contributed by atoms with Crippen LogP contribution in [0.4, 0.5) is 37.0 Å². The molecule has 0 unspecified atom stereocenters. The fraction of sp³-hybridized carbons (Fsp3) is 0.581. The Morgan fingerprint density at radius 3 is 1.94 bits per heavy atom. The number of amides is 1. The van der Waals surface area contributed by atoms with Gasteiger partial charge in [-0.15, -0.1) is 22.7 Å². The number of ether oxygens (including phenoxy) is 1. The Kier molecular flexibility index (Phi) is 13.5. The third-order valence-corrected chi connectivity index (χ3v) is 9.72. The molecule has 10 nitrogen and oxygen atoms in total. The summed E-state index contributed by atoms with van der Waals surface area (Å²) in [6.07, 6.45) is -4.15. The van der Waals surface area contributed by atoms with E-state index in [0.29, 0.717) is 32.3 Å². The lowest BCUT2D eigenvalue weighted by Crippen LogP contribution is -2.44. The highest BCUT2D eigenvalue weighted by Crippen LogP contribution is 2.34. The van der Waals surface area contributed by atoms with Crippen molar-refractivity contribution in [2.75, 3.05) is 31.5 Å². The van der Waals surface area contributed by atoms with Crippen LogP contribution < -0.4 is 16.4 Å². The van der Waals surface area contributed by atoms with Gasteiger partial charge in [-0.05, 0) is 71.7 Å². The Morgan fingerprint density at radius 2 is 1.42 bits per heavy atom. The van der Waals surface area contributed by atoms with Crippen LogP contribution in [0.3, 0.4) is 0 Å². The molecule has 50 heavy (non-hydrogen) atoms. The van der Waals surface area contributed by atoms with Crippen LogP contribution in [0.5, 0.6) is 0 Å². The molecule has 2 saturated heterocycles. The van der Waals surface area contributed by atoms with Gasteiger partial charge >= 0.3 is 18.4 Å². The number of hydrogen-bond donors (Lipinski definition) is 3. The van der Waals surface area contributed by atoms with Crippen molar-refractivity contribution in [2.45, 2.75) is 89.3 Å². The highest BCUT2D eigenvalue weighted by atomic mass is 35.5. The lowest BCUT2D eigenvalue weighted by Gasteiger charge is -2.32. The zero-order valence-corrected chi connectivity index (χ0v) is 30.0. The number of piperidine rings is 2. The highest BCUT2D eigenvalue weighted by molar-refractivity contribution is 7.19. The number of carbonyl (C=O) groups is 1. The molecule has 276 valence electrons. The minimum atomic E-state index is -4.21. The molecule has 0 aromatic carbocycles. The summed E-state index contributed by atoms with van der Waals surface area (Å²) in [6.45, 7) is 8.94. The maximum Gasteiger partial charge on any atom is 0.410 e. The van der Waals surface area contributed by atoms with Crippen molar-refractivity contribution in [1.82, 2.24) is 30.2 Å². The quantitative estimate of drug-likeness (QED) is 0.141. The summed E-state index contributed by atoms with van der Waals surface area (Å²) in [5, 5.41) is 7.95. The van der Waals surface area contributed by atoms with Gasteiger partial charge in [0.15, 0.2) is 0 Å². The molecular formula is C31H39ClF6N8O2S2. The number of nitrogens with zero attached hydrogens (tertiary/aromatic N) is 5. The van der Waals surface area contributed by atoms with Crippen molar-refractivity contribution >= 4 is 66.6 Å². The zero-order chi connectivity index (χ0) is 36.7. The van der Waals surface area contributed by atoms with Crippen molar-refractivity contribution in [3.63, 3.8) is 0 Å². The molecule has 4 aromatic rings. The largest absolute Gasteiger partial charge is 0.444 e. The van der Waals surface area contributed by atoms with Crippen LogP contribution in [0.15, 0.2) is 24.8 Å². The molecular weight excluding hydrogens is 730 g/mol. The van der Waals surface area contributed by atoms with Crippen molar-refractivity contribution in [3.05, 3.63) is 39.7 Å². The second-order valence-corrected chi connectivity index (χ2v) is 15.4. The van der Waals surface area contributed by atoms with Gasteiger partial charge in [-0.1, -0.05) is 11.6 Å². The van der Waals surface area contributed by atoms with Crippen molar-refractivity contribution < 1.29 is 35.9 Å². The second-order valence-electron chi connectivity index (χ2n) is 12.8. The summed E-state index contributed by atoms with van der Waals surface area (Å²) < 4.78 is 79.1. The molecule has 4 aromatic heterocycles. The predicted molar refractivity (Wildman–Crippen MR) is 184 cm³/mol. The first-order valence-corrected chi connectivity index (χ1v) is 17.8. The fourth-order valence-corrected chi connectivity index (χ4v) is 7.33. The SMILES string of the molecule is CC(C)(C)OC(=O)N1CCC(N)CC1.FC(F)(F)Cc1cc2c(Cl)ncnc2s1.FC(F)(F)Cc1cc2c(NC3CCNCC3)ncnc2s1. The monoisotopic (exact) mass is 768 g/mol. The molecule has 6 rings (SSSR count). The summed E-state index contributed by atoms with van der Waals surface area (Å²) in [4.78, 5) is 30.7. The smallest absolute Gasteiger partial charge is 0.410 e. The van der Waals surface area contributed by atoms with E-state index in [1.807, 2.05) is 20.8 Å². The number of halogens is 7.